The number of nitrogens with zero attached hydrogens (tertiary/aromatic N) is 4. The van der Waals surface area contributed by atoms with Crippen LogP contribution >= 0.6 is 15.9 Å². The molecule has 3 aromatic rings. The van der Waals surface area contributed by atoms with Gasteiger partial charge in [0.05, 0.1) is 37.4 Å². The van der Waals surface area contributed by atoms with Crippen molar-refractivity contribution in [3.63, 3.8) is 0 Å². The second kappa shape index (κ2) is 9.03. The molecule has 1 aromatic heterocycles. The topological polar surface area (TPSA) is 69.0 Å². The van der Waals surface area contributed by atoms with Crippen LogP contribution in [0.25, 0.3) is 10.9 Å². The molecule has 7 nitrogen and oxygen atoms in total. The maximum Gasteiger partial charge on any atom is 0.282 e. The third-order valence-corrected chi connectivity index (χ3v) is 5.88. The molecule has 0 saturated carbocycles. The molecule has 4 rings (SSSR count). The molecule has 1 aliphatic rings. The first kappa shape index (κ1) is 22.5. The van der Waals surface area contributed by atoms with E-state index in [9.17, 15) is 4.79 Å². The molecule has 0 N–H and O–H groups in total. The van der Waals surface area contributed by atoms with Crippen LogP contribution in [0, 0.1) is 0 Å². The number of anilines is 1. The molecule has 168 valence electrons. The predicted octanol–water partition coefficient (Wildman–Crippen LogP) is 4.18. The number of ether oxygens (including phenoxy) is 2. The van der Waals surface area contributed by atoms with E-state index in [2.05, 4.69) is 25.9 Å². The van der Waals surface area contributed by atoms with Crippen molar-refractivity contribution in [3.8, 4) is 5.75 Å². The molecule has 8 heteroatoms. The van der Waals surface area contributed by atoms with E-state index in [0.29, 0.717) is 22.5 Å². The number of methoxy groups -OCH3 is 1. The number of hydrogen-bond acceptors (Lipinski definition) is 6. The van der Waals surface area contributed by atoms with Gasteiger partial charge in [0.15, 0.2) is 0 Å². The Morgan fingerprint density at radius 3 is 2.59 bits per heavy atom. The minimum atomic E-state index is -0.373. The second-order valence-corrected chi connectivity index (χ2v) is 9.65. The number of rotatable bonds is 4. The maximum absolute atomic E-state index is 13.3. The minimum Gasteiger partial charge on any atom is -0.496 e. The lowest BCUT2D eigenvalue weighted by molar-refractivity contribution is 0.122. The summed E-state index contributed by atoms with van der Waals surface area (Å²) in [7, 11) is 1.64. The zero-order chi connectivity index (χ0) is 22.9. The van der Waals surface area contributed by atoms with E-state index in [1.165, 1.54) is 4.68 Å². The average molecular weight is 499 g/mol. The molecular formula is C24H27BrN4O3. The average Bonchev–Trinajstić information content (AvgIpc) is 2.78. The van der Waals surface area contributed by atoms with E-state index in [4.69, 9.17) is 14.5 Å². The van der Waals surface area contributed by atoms with Gasteiger partial charge in [-0.3, -0.25) is 4.79 Å². The lowest BCUT2D eigenvalue weighted by Gasteiger charge is -2.29. The number of fused-ring (bicyclic) bond motifs is 1. The second-order valence-electron chi connectivity index (χ2n) is 8.73. The minimum absolute atomic E-state index is 0.207. The van der Waals surface area contributed by atoms with E-state index >= 15 is 0 Å². The molecular weight excluding hydrogens is 472 g/mol. The SMILES string of the molecule is COc1cc(N2CCOCC2)ccc1C=Nn1c(C(C)(C)C)nc2ccc(Br)cc2c1=O. The summed E-state index contributed by atoms with van der Waals surface area (Å²) in [5.41, 5.74) is 1.93. The fourth-order valence-electron chi connectivity index (χ4n) is 3.69. The Morgan fingerprint density at radius 2 is 1.91 bits per heavy atom. The van der Waals surface area contributed by atoms with Gasteiger partial charge in [-0.15, -0.1) is 0 Å². The van der Waals surface area contributed by atoms with Gasteiger partial charge in [0, 0.05) is 40.3 Å². The normalized spacial score (nSPS) is 15.0. The third kappa shape index (κ3) is 4.56. The van der Waals surface area contributed by atoms with Crippen LogP contribution in [0.4, 0.5) is 5.69 Å². The summed E-state index contributed by atoms with van der Waals surface area (Å²) in [5, 5.41) is 5.07. The fraction of sp³-hybridized carbons (Fsp3) is 0.375. The molecule has 0 spiro atoms. The molecule has 0 amide bonds. The van der Waals surface area contributed by atoms with Crippen LogP contribution in [0.3, 0.4) is 0 Å². The van der Waals surface area contributed by atoms with Crippen molar-refractivity contribution in [1.82, 2.24) is 9.66 Å². The van der Waals surface area contributed by atoms with E-state index < -0.39 is 0 Å². The zero-order valence-electron chi connectivity index (χ0n) is 18.8. The Hall–Kier alpha value is -2.71. The van der Waals surface area contributed by atoms with Crippen molar-refractivity contribution >= 4 is 38.7 Å². The summed E-state index contributed by atoms with van der Waals surface area (Å²) >= 11 is 3.44. The van der Waals surface area contributed by atoms with Gasteiger partial charge in [-0.05, 0) is 30.3 Å². The zero-order valence-corrected chi connectivity index (χ0v) is 20.3. The summed E-state index contributed by atoms with van der Waals surface area (Å²) < 4.78 is 13.3. The maximum atomic E-state index is 13.3. The van der Waals surface area contributed by atoms with Crippen molar-refractivity contribution in [3.05, 3.63) is 62.6 Å². The molecule has 2 heterocycles. The highest BCUT2D eigenvalue weighted by molar-refractivity contribution is 9.10. The van der Waals surface area contributed by atoms with Crippen molar-refractivity contribution < 1.29 is 9.47 Å². The van der Waals surface area contributed by atoms with E-state index in [1.807, 2.05) is 51.1 Å². The van der Waals surface area contributed by atoms with Gasteiger partial charge in [-0.1, -0.05) is 36.7 Å². The quantitative estimate of drug-likeness (QED) is 0.504. The Labute approximate surface area is 195 Å². The summed E-state index contributed by atoms with van der Waals surface area (Å²) in [6, 6.07) is 11.5. The van der Waals surface area contributed by atoms with Crippen LogP contribution in [0.15, 0.2) is 50.8 Å². The van der Waals surface area contributed by atoms with Gasteiger partial charge < -0.3 is 14.4 Å². The van der Waals surface area contributed by atoms with Crippen molar-refractivity contribution in [2.75, 3.05) is 38.3 Å². The first-order chi connectivity index (χ1) is 15.3. The molecule has 0 unspecified atom stereocenters. The Morgan fingerprint density at radius 1 is 1.16 bits per heavy atom. The van der Waals surface area contributed by atoms with Gasteiger partial charge in [0.25, 0.3) is 5.56 Å². The summed E-state index contributed by atoms with van der Waals surface area (Å²) in [6.07, 6.45) is 1.66. The largest absolute Gasteiger partial charge is 0.496 e. The first-order valence-electron chi connectivity index (χ1n) is 10.6. The number of morpholine rings is 1. The predicted molar refractivity (Wildman–Crippen MR) is 131 cm³/mol. The highest BCUT2D eigenvalue weighted by Gasteiger charge is 2.23. The fourth-order valence-corrected chi connectivity index (χ4v) is 4.05. The lowest BCUT2D eigenvalue weighted by Crippen LogP contribution is -2.36. The molecule has 0 aliphatic carbocycles. The van der Waals surface area contributed by atoms with E-state index in [-0.39, 0.29) is 11.0 Å². The van der Waals surface area contributed by atoms with Gasteiger partial charge in [0.2, 0.25) is 0 Å². The molecule has 1 aliphatic heterocycles. The van der Waals surface area contributed by atoms with Crippen LogP contribution in [0.1, 0.15) is 32.2 Å². The monoisotopic (exact) mass is 498 g/mol. The standard InChI is InChI=1S/C24H27BrN4O3/c1-24(2,3)23-27-20-8-6-17(25)13-19(20)22(30)29(23)26-15-16-5-7-18(14-21(16)31-4)28-9-11-32-12-10-28/h5-8,13-15H,9-12H2,1-4H3. The van der Waals surface area contributed by atoms with E-state index in [1.54, 1.807) is 19.4 Å². The van der Waals surface area contributed by atoms with Crippen LogP contribution in [-0.2, 0) is 10.2 Å². The molecule has 1 fully saturated rings. The van der Waals surface area contributed by atoms with Crippen molar-refractivity contribution in [1.29, 1.82) is 0 Å². The third-order valence-electron chi connectivity index (χ3n) is 5.38. The van der Waals surface area contributed by atoms with Gasteiger partial charge in [-0.2, -0.15) is 9.78 Å². The van der Waals surface area contributed by atoms with Gasteiger partial charge >= 0.3 is 0 Å². The van der Waals surface area contributed by atoms with Crippen molar-refractivity contribution in [2.24, 2.45) is 5.10 Å². The molecule has 1 saturated heterocycles. The van der Waals surface area contributed by atoms with Gasteiger partial charge in [-0.25, -0.2) is 4.98 Å². The van der Waals surface area contributed by atoms with Crippen LogP contribution in [0.5, 0.6) is 5.75 Å². The number of aromatic nitrogens is 2. The Balaban J connectivity index is 1.77. The molecule has 0 bridgehead atoms. The highest BCUT2D eigenvalue weighted by atomic mass is 79.9. The van der Waals surface area contributed by atoms with Crippen molar-refractivity contribution in [2.45, 2.75) is 26.2 Å². The number of benzene rings is 2. The van der Waals surface area contributed by atoms with E-state index in [0.717, 1.165) is 42.0 Å². The Kier molecular flexibility index (Phi) is 6.35. The summed E-state index contributed by atoms with van der Waals surface area (Å²) in [6.45, 7) is 9.18. The number of hydrogen-bond donors (Lipinski definition) is 0. The van der Waals surface area contributed by atoms with Crippen LogP contribution in [0.2, 0.25) is 0 Å². The molecule has 32 heavy (non-hydrogen) atoms. The smallest absolute Gasteiger partial charge is 0.282 e. The first-order valence-corrected chi connectivity index (χ1v) is 11.3. The van der Waals surface area contributed by atoms with Gasteiger partial charge in [0.1, 0.15) is 11.6 Å². The Bertz CT molecular complexity index is 1220. The molecule has 2 aromatic carbocycles. The van der Waals surface area contributed by atoms with Crippen LogP contribution in [-0.4, -0.2) is 49.3 Å². The number of halogens is 1. The highest BCUT2D eigenvalue weighted by Crippen LogP contribution is 2.26. The summed E-state index contributed by atoms with van der Waals surface area (Å²) in [4.78, 5) is 20.3. The van der Waals surface area contributed by atoms with Crippen LogP contribution < -0.4 is 15.2 Å². The molecule has 0 atom stereocenters. The summed E-state index contributed by atoms with van der Waals surface area (Å²) in [5.74, 6) is 1.29. The lowest BCUT2D eigenvalue weighted by atomic mass is 9.95. The molecule has 0 radical (unpaired) electrons.